The van der Waals surface area contributed by atoms with E-state index in [9.17, 15) is 5.21 Å². The van der Waals surface area contributed by atoms with Crippen LogP contribution in [0.4, 0.5) is 5.69 Å². The second-order valence-electron chi connectivity index (χ2n) is 5.33. The lowest BCUT2D eigenvalue weighted by molar-refractivity contribution is 0.389. The van der Waals surface area contributed by atoms with Gasteiger partial charge in [0.1, 0.15) is 0 Å². The van der Waals surface area contributed by atoms with Crippen LogP contribution in [-0.4, -0.2) is 5.21 Å². The molecule has 1 aliphatic rings. The molecular formula is C19H15NO. The molecule has 0 aromatic heterocycles. The van der Waals surface area contributed by atoms with Crippen molar-refractivity contribution in [2.45, 2.75) is 6.42 Å². The molecular weight excluding hydrogens is 258 g/mol. The molecule has 0 amide bonds. The summed E-state index contributed by atoms with van der Waals surface area (Å²) in [4.78, 5) is 0. The minimum absolute atomic E-state index is 0.757. The predicted octanol–water partition coefficient (Wildman–Crippen LogP) is 4.73. The molecule has 21 heavy (non-hydrogen) atoms. The summed E-state index contributed by atoms with van der Waals surface area (Å²) < 4.78 is 0. The number of hydrogen-bond donors (Lipinski definition) is 2. The summed E-state index contributed by atoms with van der Waals surface area (Å²) >= 11 is 0. The van der Waals surface area contributed by atoms with Gasteiger partial charge >= 0.3 is 0 Å². The third kappa shape index (κ3) is 1.84. The topological polar surface area (TPSA) is 32.3 Å². The zero-order chi connectivity index (χ0) is 14.2. The smallest absolute Gasteiger partial charge is 0.0683 e. The van der Waals surface area contributed by atoms with Gasteiger partial charge in [-0.25, -0.2) is 0 Å². The minimum atomic E-state index is 0.757. The van der Waals surface area contributed by atoms with Crippen LogP contribution in [0, 0.1) is 0 Å². The lowest BCUT2D eigenvalue weighted by Crippen LogP contribution is -1.97. The Morgan fingerprint density at radius 3 is 2.33 bits per heavy atom. The Balaban J connectivity index is 2.00. The van der Waals surface area contributed by atoms with Gasteiger partial charge in [-0.1, -0.05) is 60.7 Å². The van der Waals surface area contributed by atoms with Crippen LogP contribution < -0.4 is 5.48 Å². The first-order valence-corrected chi connectivity index (χ1v) is 7.08. The van der Waals surface area contributed by atoms with E-state index in [0.717, 1.165) is 23.2 Å². The summed E-state index contributed by atoms with van der Waals surface area (Å²) in [5.74, 6) is 0. The summed E-state index contributed by atoms with van der Waals surface area (Å²) in [5.41, 5.74) is 10.5. The van der Waals surface area contributed by atoms with Gasteiger partial charge in [0, 0.05) is 5.56 Å². The van der Waals surface area contributed by atoms with Crippen molar-refractivity contribution in [3.8, 4) is 22.3 Å². The fraction of sp³-hybridized carbons (Fsp3) is 0.0526. The molecule has 0 heterocycles. The summed E-state index contributed by atoms with van der Waals surface area (Å²) in [5, 5.41) is 9.48. The number of fused-ring (bicyclic) bond motifs is 3. The molecule has 102 valence electrons. The Hall–Kier alpha value is -2.58. The molecule has 2 heteroatoms. The van der Waals surface area contributed by atoms with Gasteiger partial charge in [0.15, 0.2) is 0 Å². The highest BCUT2D eigenvalue weighted by molar-refractivity contribution is 5.91. The van der Waals surface area contributed by atoms with Crippen molar-refractivity contribution in [1.82, 2.24) is 0 Å². The highest BCUT2D eigenvalue weighted by Gasteiger charge is 2.23. The van der Waals surface area contributed by atoms with Crippen LogP contribution in [-0.2, 0) is 6.42 Å². The zero-order valence-electron chi connectivity index (χ0n) is 11.5. The summed E-state index contributed by atoms with van der Waals surface area (Å²) in [6.45, 7) is 0. The monoisotopic (exact) mass is 273 g/mol. The normalized spacial score (nSPS) is 11.9. The number of hydrogen-bond acceptors (Lipinski definition) is 2. The summed E-state index contributed by atoms with van der Waals surface area (Å²) in [6.07, 6.45) is 0.908. The molecule has 3 aromatic rings. The Morgan fingerprint density at radius 1 is 0.762 bits per heavy atom. The zero-order valence-corrected chi connectivity index (χ0v) is 11.5. The molecule has 0 spiro atoms. The Morgan fingerprint density at radius 2 is 1.52 bits per heavy atom. The second kappa shape index (κ2) is 4.76. The molecule has 0 radical (unpaired) electrons. The van der Waals surface area contributed by atoms with Gasteiger partial charge in [0.05, 0.1) is 5.69 Å². The van der Waals surface area contributed by atoms with Crippen LogP contribution in [0.15, 0.2) is 66.7 Å². The average Bonchev–Trinajstić information content (AvgIpc) is 2.93. The summed E-state index contributed by atoms with van der Waals surface area (Å²) in [6, 6.07) is 22.8. The molecule has 0 aliphatic heterocycles. The Labute approximate surface area is 123 Å². The van der Waals surface area contributed by atoms with Crippen molar-refractivity contribution in [2.24, 2.45) is 0 Å². The van der Waals surface area contributed by atoms with E-state index >= 15 is 0 Å². The largest absolute Gasteiger partial charge is 0.291 e. The predicted molar refractivity (Wildman–Crippen MR) is 85.5 cm³/mol. The fourth-order valence-corrected chi connectivity index (χ4v) is 3.24. The van der Waals surface area contributed by atoms with E-state index in [-0.39, 0.29) is 0 Å². The maximum Gasteiger partial charge on any atom is 0.0683 e. The lowest BCUT2D eigenvalue weighted by Gasteiger charge is -2.14. The van der Waals surface area contributed by atoms with Gasteiger partial charge in [-0.3, -0.25) is 10.7 Å². The maximum absolute atomic E-state index is 9.48. The maximum atomic E-state index is 9.48. The summed E-state index contributed by atoms with van der Waals surface area (Å²) in [7, 11) is 0. The van der Waals surface area contributed by atoms with Crippen LogP contribution in [0.5, 0.6) is 0 Å². The molecule has 3 aromatic carbocycles. The lowest BCUT2D eigenvalue weighted by atomic mass is 9.94. The van der Waals surface area contributed by atoms with Crippen LogP contribution in [0.25, 0.3) is 22.3 Å². The highest BCUT2D eigenvalue weighted by Crippen LogP contribution is 2.44. The molecule has 0 fully saturated rings. The van der Waals surface area contributed by atoms with E-state index in [0.29, 0.717) is 0 Å². The van der Waals surface area contributed by atoms with Crippen molar-refractivity contribution < 1.29 is 5.21 Å². The van der Waals surface area contributed by atoms with Crippen molar-refractivity contribution in [2.75, 3.05) is 5.48 Å². The van der Waals surface area contributed by atoms with Crippen LogP contribution >= 0.6 is 0 Å². The SMILES string of the molecule is ONc1ccc2c(c1-c1ccccc1)Cc1ccccc1-2. The van der Waals surface area contributed by atoms with Gasteiger partial charge in [-0.2, -0.15) is 0 Å². The molecule has 0 bridgehead atoms. The van der Waals surface area contributed by atoms with Crippen molar-refractivity contribution >= 4 is 5.69 Å². The number of nitrogens with one attached hydrogen (secondary N) is 1. The molecule has 2 nitrogen and oxygen atoms in total. The Kier molecular flexibility index (Phi) is 2.76. The second-order valence-corrected chi connectivity index (χ2v) is 5.33. The number of rotatable bonds is 2. The van der Waals surface area contributed by atoms with Gasteiger partial charge in [-0.05, 0) is 40.3 Å². The van der Waals surface area contributed by atoms with Gasteiger partial charge < -0.3 is 0 Å². The van der Waals surface area contributed by atoms with E-state index in [2.05, 4.69) is 47.9 Å². The standard InChI is InChI=1S/C19H15NO/c21-20-18-11-10-16-15-9-5-4-8-14(15)12-17(16)19(18)13-6-2-1-3-7-13/h1-11,20-21H,12H2. The fourth-order valence-electron chi connectivity index (χ4n) is 3.24. The Bertz CT molecular complexity index is 809. The van der Waals surface area contributed by atoms with Crippen molar-refractivity contribution in [3.05, 3.63) is 77.9 Å². The van der Waals surface area contributed by atoms with Crippen molar-refractivity contribution in [1.29, 1.82) is 0 Å². The molecule has 0 atom stereocenters. The van der Waals surface area contributed by atoms with E-state index in [1.165, 1.54) is 22.3 Å². The van der Waals surface area contributed by atoms with E-state index in [1.807, 2.05) is 24.3 Å². The van der Waals surface area contributed by atoms with Gasteiger partial charge in [-0.15, -0.1) is 0 Å². The van der Waals surface area contributed by atoms with E-state index in [1.54, 1.807) is 0 Å². The molecule has 4 rings (SSSR count). The van der Waals surface area contributed by atoms with Crippen LogP contribution in [0.3, 0.4) is 0 Å². The molecule has 0 saturated carbocycles. The first kappa shape index (κ1) is 12.2. The molecule has 0 unspecified atom stereocenters. The van der Waals surface area contributed by atoms with E-state index < -0.39 is 0 Å². The quantitative estimate of drug-likeness (QED) is 0.518. The van der Waals surface area contributed by atoms with Crippen LogP contribution in [0.1, 0.15) is 11.1 Å². The molecule has 0 saturated heterocycles. The molecule has 1 aliphatic carbocycles. The molecule has 2 N–H and O–H groups in total. The third-order valence-corrected chi connectivity index (χ3v) is 4.17. The van der Waals surface area contributed by atoms with Crippen LogP contribution in [0.2, 0.25) is 0 Å². The van der Waals surface area contributed by atoms with Gasteiger partial charge in [0.2, 0.25) is 0 Å². The van der Waals surface area contributed by atoms with Gasteiger partial charge in [0.25, 0.3) is 0 Å². The van der Waals surface area contributed by atoms with E-state index in [4.69, 9.17) is 0 Å². The number of benzene rings is 3. The average molecular weight is 273 g/mol. The first-order chi connectivity index (χ1) is 10.4. The highest BCUT2D eigenvalue weighted by atomic mass is 16.5. The first-order valence-electron chi connectivity index (χ1n) is 7.08. The number of anilines is 1. The minimum Gasteiger partial charge on any atom is -0.291 e. The third-order valence-electron chi connectivity index (χ3n) is 4.17. The van der Waals surface area contributed by atoms with Crippen molar-refractivity contribution in [3.63, 3.8) is 0 Å².